The van der Waals surface area contributed by atoms with E-state index >= 15 is 0 Å². The summed E-state index contributed by atoms with van der Waals surface area (Å²) in [5, 5.41) is 3.32. The van der Waals surface area contributed by atoms with Gasteiger partial charge in [0.1, 0.15) is 0 Å². The Labute approximate surface area is 116 Å². The fraction of sp³-hybridized carbons (Fsp3) is 0.333. The van der Waals surface area contributed by atoms with Gasteiger partial charge in [-0.1, -0.05) is 30.1 Å². The van der Waals surface area contributed by atoms with Crippen LogP contribution in [0.25, 0.3) is 0 Å². The third kappa shape index (κ3) is 3.89. The van der Waals surface area contributed by atoms with Crippen LogP contribution in [0.1, 0.15) is 19.8 Å². The summed E-state index contributed by atoms with van der Waals surface area (Å²) in [5.41, 5.74) is 0.491. The van der Waals surface area contributed by atoms with Crippen molar-refractivity contribution in [2.45, 2.75) is 19.8 Å². The Morgan fingerprint density at radius 3 is 2.50 bits per heavy atom. The second-order valence-electron chi connectivity index (χ2n) is 3.76. The van der Waals surface area contributed by atoms with Crippen LogP contribution >= 0.6 is 23.2 Å². The molecule has 0 aliphatic rings. The number of nitrogens with zero attached hydrogens (tertiary/aromatic N) is 1. The number of nitrogens with one attached hydrogen (secondary N) is 1. The van der Waals surface area contributed by atoms with Crippen molar-refractivity contribution in [1.82, 2.24) is 4.90 Å². The number of rotatable bonds is 3. The summed E-state index contributed by atoms with van der Waals surface area (Å²) in [4.78, 5) is 24.3. The molecular weight excluding hydrogens is 275 g/mol. The van der Waals surface area contributed by atoms with E-state index in [2.05, 4.69) is 5.32 Å². The van der Waals surface area contributed by atoms with Crippen LogP contribution in [-0.2, 0) is 4.79 Å². The molecule has 4 nitrogen and oxygen atoms in total. The summed E-state index contributed by atoms with van der Waals surface area (Å²) in [6.07, 6.45) is 1.04. The molecule has 0 aliphatic heterocycles. The number of amides is 3. The number of imide groups is 1. The predicted octanol–water partition coefficient (Wildman–Crippen LogP) is 3.78. The maximum atomic E-state index is 11.7. The van der Waals surface area contributed by atoms with E-state index in [-0.39, 0.29) is 5.91 Å². The van der Waals surface area contributed by atoms with Gasteiger partial charge in [0.05, 0.1) is 10.0 Å². The van der Waals surface area contributed by atoms with Crippen LogP contribution in [0.5, 0.6) is 0 Å². The molecule has 1 rings (SSSR count). The molecule has 0 unspecified atom stereocenters. The van der Waals surface area contributed by atoms with Crippen molar-refractivity contribution in [3.63, 3.8) is 0 Å². The Kier molecular flexibility index (Phi) is 5.44. The molecule has 18 heavy (non-hydrogen) atoms. The fourth-order valence-corrected chi connectivity index (χ4v) is 1.57. The van der Waals surface area contributed by atoms with Gasteiger partial charge in [-0.25, -0.2) is 4.79 Å². The van der Waals surface area contributed by atoms with Gasteiger partial charge in [-0.15, -0.1) is 0 Å². The maximum Gasteiger partial charge on any atom is 0.328 e. The molecule has 0 radical (unpaired) electrons. The van der Waals surface area contributed by atoms with Crippen molar-refractivity contribution in [3.8, 4) is 0 Å². The first-order chi connectivity index (χ1) is 8.45. The highest BCUT2D eigenvalue weighted by Gasteiger charge is 2.15. The highest BCUT2D eigenvalue weighted by Crippen LogP contribution is 2.25. The minimum absolute atomic E-state index is 0.227. The fourth-order valence-electron chi connectivity index (χ4n) is 1.28. The molecule has 0 aliphatic carbocycles. The lowest BCUT2D eigenvalue weighted by Gasteiger charge is -2.16. The van der Waals surface area contributed by atoms with Gasteiger partial charge in [-0.2, -0.15) is 0 Å². The number of hydrogen-bond acceptors (Lipinski definition) is 2. The van der Waals surface area contributed by atoms with Crippen molar-refractivity contribution in [1.29, 1.82) is 0 Å². The SMILES string of the molecule is CCCC(=O)N(C)C(=O)Nc1ccc(Cl)c(Cl)c1. The van der Waals surface area contributed by atoms with Crippen molar-refractivity contribution in [3.05, 3.63) is 28.2 Å². The van der Waals surface area contributed by atoms with Gasteiger partial charge in [-0.05, 0) is 24.6 Å². The molecule has 0 saturated carbocycles. The number of urea groups is 1. The van der Waals surface area contributed by atoms with Crippen molar-refractivity contribution < 1.29 is 9.59 Å². The molecule has 0 spiro atoms. The maximum absolute atomic E-state index is 11.7. The Balaban J connectivity index is 2.69. The topological polar surface area (TPSA) is 49.4 Å². The average Bonchev–Trinajstić information content (AvgIpc) is 2.33. The second-order valence-corrected chi connectivity index (χ2v) is 4.58. The number of anilines is 1. The minimum Gasteiger partial charge on any atom is -0.307 e. The lowest BCUT2D eigenvalue weighted by atomic mass is 10.3. The third-order valence-corrected chi connectivity index (χ3v) is 3.05. The summed E-state index contributed by atoms with van der Waals surface area (Å²) in [5.74, 6) is -0.227. The summed E-state index contributed by atoms with van der Waals surface area (Å²) in [6, 6.07) is 4.23. The molecule has 0 aromatic heterocycles. The zero-order valence-corrected chi connectivity index (χ0v) is 11.7. The highest BCUT2D eigenvalue weighted by atomic mass is 35.5. The Morgan fingerprint density at radius 1 is 1.28 bits per heavy atom. The summed E-state index contributed by atoms with van der Waals surface area (Å²) < 4.78 is 0. The van der Waals surface area contributed by atoms with E-state index < -0.39 is 6.03 Å². The van der Waals surface area contributed by atoms with Crippen LogP contribution in [0.2, 0.25) is 10.0 Å². The summed E-state index contributed by atoms with van der Waals surface area (Å²) in [7, 11) is 1.44. The van der Waals surface area contributed by atoms with Crippen LogP contribution < -0.4 is 5.32 Å². The molecule has 3 amide bonds. The largest absolute Gasteiger partial charge is 0.328 e. The van der Waals surface area contributed by atoms with Gasteiger partial charge in [0.15, 0.2) is 0 Å². The summed E-state index contributed by atoms with van der Waals surface area (Å²) >= 11 is 11.6. The molecule has 1 aromatic rings. The Hall–Kier alpha value is -1.26. The van der Waals surface area contributed by atoms with Crippen LogP contribution in [0.3, 0.4) is 0 Å². The number of halogens is 2. The Morgan fingerprint density at radius 2 is 1.94 bits per heavy atom. The zero-order valence-electron chi connectivity index (χ0n) is 10.2. The van der Waals surface area contributed by atoms with E-state index in [0.29, 0.717) is 28.6 Å². The average molecular weight is 289 g/mol. The van der Waals surface area contributed by atoms with Gasteiger partial charge in [0.25, 0.3) is 0 Å². The van der Waals surface area contributed by atoms with E-state index in [4.69, 9.17) is 23.2 Å². The van der Waals surface area contributed by atoms with E-state index in [0.717, 1.165) is 4.90 Å². The van der Waals surface area contributed by atoms with Crippen molar-refractivity contribution in [2.24, 2.45) is 0 Å². The normalized spacial score (nSPS) is 10.0. The van der Waals surface area contributed by atoms with Gasteiger partial charge in [0.2, 0.25) is 5.91 Å². The standard InChI is InChI=1S/C12H14Cl2N2O2/c1-3-4-11(17)16(2)12(18)15-8-5-6-9(13)10(14)7-8/h5-7H,3-4H2,1-2H3,(H,15,18). The third-order valence-electron chi connectivity index (χ3n) is 2.31. The lowest BCUT2D eigenvalue weighted by molar-refractivity contribution is -0.127. The first kappa shape index (κ1) is 14.8. The van der Waals surface area contributed by atoms with Crippen LogP contribution in [-0.4, -0.2) is 23.9 Å². The monoisotopic (exact) mass is 288 g/mol. The second kappa shape index (κ2) is 6.61. The molecular formula is C12H14Cl2N2O2. The molecule has 98 valence electrons. The van der Waals surface area contributed by atoms with Gasteiger partial charge >= 0.3 is 6.03 Å². The van der Waals surface area contributed by atoms with Gasteiger partial charge in [0, 0.05) is 19.2 Å². The molecule has 1 aromatic carbocycles. The molecule has 1 N–H and O–H groups in total. The summed E-state index contributed by atoms with van der Waals surface area (Å²) in [6.45, 7) is 1.88. The van der Waals surface area contributed by atoms with E-state index in [1.165, 1.54) is 13.1 Å². The zero-order chi connectivity index (χ0) is 13.7. The predicted molar refractivity (Wildman–Crippen MR) is 73.2 cm³/mol. The smallest absolute Gasteiger partial charge is 0.307 e. The number of carbonyl (C=O) groups excluding carboxylic acids is 2. The quantitative estimate of drug-likeness (QED) is 0.920. The van der Waals surface area contributed by atoms with Gasteiger partial charge < -0.3 is 5.32 Å². The molecule has 0 bridgehead atoms. The highest BCUT2D eigenvalue weighted by molar-refractivity contribution is 6.42. The van der Waals surface area contributed by atoms with Crippen molar-refractivity contribution in [2.75, 3.05) is 12.4 Å². The lowest BCUT2D eigenvalue weighted by Crippen LogP contribution is -2.36. The van der Waals surface area contributed by atoms with Crippen LogP contribution in [0, 0.1) is 0 Å². The van der Waals surface area contributed by atoms with E-state index in [1.54, 1.807) is 12.1 Å². The molecule has 0 fully saturated rings. The number of hydrogen-bond donors (Lipinski definition) is 1. The first-order valence-electron chi connectivity index (χ1n) is 5.48. The van der Waals surface area contributed by atoms with Crippen molar-refractivity contribution >= 4 is 40.8 Å². The molecule has 6 heteroatoms. The number of carbonyl (C=O) groups is 2. The van der Waals surface area contributed by atoms with Crippen LogP contribution in [0.4, 0.5) is 10.5 Å². The molecule has 0 saturated heterocycles. The molecule has 0 atom stereocenters. The first-order valence-corrected chi connectivity index (χ1v) is 6.24. The van der Waals surface area contributed by atoms with E-state index in [1.807, 2.05) is 6.92 Å². The molecule has 0 heterocycles. The van der Waals surface area contributed by atoms with Crippen LogP contribution in [0.15, 0.2) is 18.2 Å². The Bertz CT molecular complexity index is 463. The number of benzene rings is 1. The minimum atomic E-state index is -0.494. The van der Waals surface area contributed by atoms with E-state index in [9.17, 15) is 9.59 Å². The van der Waals surface area contributed by atoms with Gasteiger partial charge in [-0.3, -0.25) is 9.69 Å².